The van der Waals surface area contributed by atoms with Crippen molar-refractivity contribution in [2.24, 2.45) is 7.05 Å². The molecule has 3 aromatic heterocycles. The molecule has 124 valence electrons. The molecule has 0 fully saturated rings. The van der Waals surface area contributed by atoms with E-state index in [1.807, 2.05) is 53.1 Å². The summed E-state index contributed by atoms with van der Waals surface area (Å²) in [6, 6.07) is 14.3. The fourth-order valence-corrected chi connectivity index (χ4v) is 2.86. The Bertz CT molecular complexity index is 1160. The van der Waals surface area contributed by atoms with Crippen LogP contribution in [0.5, 0.6) is 0 Å². The second kappa shape index (κ2) is 5.86. The zero-order valence-electron chi connectivity index (χ0n) is 13.5. The average Bonchev–Trinajstić information content (AvgIpc) is 3.06. The Hall–Kier alpha value is -3.48. The van der Waals surface area contributed by atoms with Crippen LogP contribution in [0.3, 0.4) is 0 Å². The Morgan fingerprint density at radius 3 is 2.80 bits per heavy atom. The van der Waals surface area contributed by atoms with Gasteiger partial charge in [0.25, 0.3) is 11.5 Å². The maximum Gasteiger partial charge on any atom is 0.252 e. The van der Waals surface area contributed by atoms with Crippen molar-refractivity contribution in [3.63, 3.8) is 0 Å². The molecule has 7 nitrogen and oxygen atoms in total. The maximum atomic E-state index is 12.6. The summed E-state index contributed by atoms with van der Waals surface area (Å²) in [6.45, 7) is 0.216. The van der Waals surface area contributed by atoms with E-state index in [2.05, 4.69) is 15.5 Å². The number of nitrogens with zero attached hydrogens (tertiary/aromatic N) is 4. The van der Waals surface area contributed by atoms with Crippen molar-refractivity contribution in [3.8, 4) is 0 Å². The van der Waals surface area contributed by atoms with E-state index in [1.54, 1.807) is 7.05 Å². The van der Waals surface area contributed by atoms with Gasteiger partial charge in [0.15, 0.2) is 11.5 Å². The summed E-state index contributed by atoms with van der Waals surface area (Å²) in [5, 5.41) is 11.7. The first-order valence-electron chi connectivity index (χ1n) is 7.81. The van der Waals surface area contributed by atoms with Crippen LogP contribution in [0.1, 0.15) is 16.2 Å². The summed E-state index contributed by atoms with van der Waals surface area (Å²) >= 11 is 0. The molecule has 4 aromatic rings. The van der Waals surface area contributed by atoms with Crippen molar-refractivity contribution in [1.82, 2.24) is 24.5 Å². The Balaban J connectivity index is 1.67. The molecule has 0 radical (unpaired) electrons. The minimum absolute atomic E-state index is 0.216. The first-order chi connectivity index (χ1) is 12.1. The molecular weight excluding hydrogens is 318 g/mol. The third kappa shape index (κ3) is 2.55. The highest BCUT2D eigenvalue weighted by molar-refractivity contribution is 6.06. The molecule has 0 unspecified atom stereocenters. The van der Waals surface area contributed by atoms with Crippen LogP contribution in [0.25, 0.3) is 16.6 Å². The molecule has 0 aliphatic rings. The van der Waals surface area contributed by atoms with Gasteiger partial charge in [0.2, 0.25) is 0 Å². The molecule has 1 amide bonds. The molecule has 7 heteroatoms. The van der Waals surface area contributed by atoms with E-state index in [0.717, 1.165) is 5.39 Å². The predicted molar refractivity (Wildman–Crippen MR) is 93.3 cm³/mol. The highest BCUT2D eigenvalue weighted by Crippen LogP contribution is 2.16. The molecule has 0 saturated heterocycles. The number of pyridine rings is 2. The van der Waals surface area contributed by atoms with E-state index in [4.69, 9.17) is 0 Å². The van der Waals surface area contributed by atoms with E-state index in [9.17, 15) is 9.59 Å². The lowest BCUT2D eigenvalue weighted by Gasteiger charge is -2.10. The molecule has 0 aliphatic carbocycles. The van der Waals surface area contributed by atoms with Gasteiger partial charge >= 0.3 is 0 Å². The number of amides is 1. The number of aromatic nitrogens is 4. The number of fused-ring (bicyclic) bond motifs is 2. The van der Waals surface area contributed by atoms with E-state index in [1.165, 1.54) is 10.6 Å². The van der Waals surface area contributed by atoms with Gasteiger partial charge in [-0.3, -0.25) is 14.0 Å². The quantitative estimate of drug-likeness (QED) is 0.616. The summed E-state index contributed by atoms with van der Waals surface area (Å²) in [5.41, 5.74) is 1.56. The van der Waals surface area contributed by atoms with Gasteiger partial charge in [0.05, 0.1) is 17.6 Å². The van der Waals surface area contributed by atoms with E-state index < -0.39 is 0 Å². The SMILES string of the molecule is Cn1c(=O)cc(C(=O)NCc2nnc3ccccn23)c2ccccc21. The molecule has 25 heavy (non-hydrogen) atoms. The van der Waals surface area contributed by atoms with Crippen LogP contribution in [0, 0.1) is 0 Å². The second-order valence-corrected chi connectivity index (χ2v) is 5.70. The summed E-state index contributed by atoms with van der Waals surface area (Å²) in [7, 11) is 1.69. The van der Waals surface area contributed by atoms with Crippen LogP contribution in [0.4, 0.5) is 0 Å². The molecular formula is C18H15N5O2. The Labute approximate surface area is 142 Å². The monoisotopic (exact) mass is 333 g/mol. The first kappa shape index (κ1) is 15.1. The highest BCUT2D eigenvalue weighted by atomic mass is 16.2. The van der Waals surface area contributed by atoms with Crippen molar-refractivity contribution < 1.29 is 4.79 Å². The molecule has 0 saturated carbocycles. The van der Waals surface area contributed by atoms with Gasteiger partial charge < -0.3 is 9.88 Å². The molecule has 1 aromatic carbocycles. The maximum absolute atomic E-state index is 12.6. The average molecular weight is 333 g/mol. The number of hydrogen-bond acceptors (Lipinski definition) is 4. The van der Waals surface area contributed by atoms with Crippen molar-refractivity contribution in [1.29, 1.82) is 0 Å². The number of benzene rings is 1. The van der Waals surface area contributed by atoms with Crippen LogP contribution >= 0.6 is 0 Å². The van der Waals surface area contributed by atoms with E-state index >= 15 is 0 Å². The second-order valence-electron chi connectivity index (χ2n) is 5.70. The summed E-state index contributed by atoms with van der Waals surface area (Å²) in [5.74, 6) is 0.304. The summed E-state index contributed by atoms with van der Waals surface area (Å²) in [6.07, 6.45) is 1.84. The van der Waals surface area contributed by atoms with Crippen molar-refractivity contribution in [2.75, 3.05) is 0 Å². The van der Waals surface area contributed by atoms with Crippen LogP contribution in [-0.2, 0) is 13.6 Å². The van der Waals surface area contributed by atoms with Crippen molar-refractivity contribution in [3.05, 3.63) is 76.5 Å². The predicted octanol–water partition coefficient (Wildman–Crippen LogP) is 1.51. The molecule has 0 atom stereocenters. The Morgan fingerprint density at radius 2 is 1.92 bits per heavy atom. The molecule has 0 aliphatic heterocycles. The van der Waals surface area contributed by atoms with Gasteiger partial charge in [-0.05, 0) is 18.2 Å². The van der Waals surface area contributed by atoms with Crippen molar-refractivity contribution in [2.45, 2.75) is 6.54 Å². The van der Waals surface area contributed by atoms with Crippen molar-refractivity contribution >= 4 is 22.5 Å². The number of hydrogen-bond donors (Lipinski definition) is 1. The normalized spacial score (nSPS) is 11.1. The number of rotatable bonds is 3. The molecule has 0 bridgehead atoms. The van der Waals surface area contributed by atoms with Gasteiger partial charge in [-0.1, -0.05) is 24.3 Å². The number of nitrogens with one attached hydrogen (secondary N) is 1. The van der Waals surface area contributed by atoms with Gasteiger partial charge in [-0.2, -0.15) is 0 Å². The minimum Gasteiger partial charge on any atom is -0.345 e. The van der Waals surface area contributed by atoms with Crippen LogP contribution < -0.4 is 10.9 Å². The van der Waals surface area contributed by atoms with E-state index in [0.29, 0.717) is 22.6 Å². The zero-order valence-corrected chi connectivity index (χ0v) is 13.5. The Kier molecular flexibility index (Phi) is 3.53. The minimum atomic E-state index is -0.318. The van der Waals surface area contributed by atoms with E-state index in [-0.39, 0.29) is 18.0 Å². The lowest BCUT2D eigenvalue weighted by molar-refractivity contribution is 0.0951. The lowest BCUT2D eigenvalue weighted by Crippen LogP contribution is -2.27. The third-order valence-corrected chi connectivity index (χ3v) is 4.19. The van der Waals surface area contributed by atoms with Crippen LogP contribution in [0.15, 0.2) is 59.5 Å². The first-order valence-corrected chi connectivity index (χ1v) is 7.81. The zero-order chi connectivity index (χ0) is 17.4. The van der Waals surface area contributed by atoms with Gasteiger partial charge in [-0.25, -0.2) is 0 Å². The number of carbonyl (C=O) groups is 1. The summed E-state index contributed by atoms with van der Waals surface area (Å²) in [4.78, 5) is 24.8. The standard InChI is InChI=1S/C18H15N5O2/c1-22-14-7-3-2-6-12(14)13(10-17(22)24)18(25)19-11-16-21-20-15-8-4-5-9-23(15)16/h2-10H,11H2,1H3,(H,19,25). The fourth-order valence-electron chi connectivity index (χ4n) is 2.86. The molecule has 0 spiro atoms. The number of carbonyl (C=O) groups excluding carboxylic acids is 1. The molecule has 1 N–H and O–H groups in total. The lowest BCUT2D eigenvalue weighted by atomic mass is 10.1. The van der Waals surface area contributed by atoms with Crippen LogP contribution in [-0.4, -0.2) is 25.1 Å². The molecule has 3 heterocycles. The third-order valence-electron chi connectivity index (χ3n) is 4.19. The van der Waals surface area contributed by atoms with Crippen LogP contribution in [0.2, 0.25) is 0 Å². The Morgan fingerprint density at radius 1 is 1.12 bits per heavy atom. The van der Waals surface area contributed by atoms with Gasteiger partial charge in [-0.15, -0.1) is 10.2 Å². The van der Waals surface area contributed by atoms with Gasteiger partial charge in [0.1, 0.15) is 0 Å². The largest absolute Gasteiger partial charge is 0.345 e. The highest BCUT2D eigenvalue weighted by Gasteiger charge is 2.14. The topological polar surface area (TPSA) is 81.3 Å². The smallest absolute Gasteiger partial charge is 0.252 e. The number of aryl methyl sites for hydroxylation is 1. The fraction of sp³-hybridized carbons (Fsp3) is 0.111. The summed E-state index contributed by atoms with van der Waals surface area (Å²) < 4.78 is 3.33. The number of para-hydroxylation sites is 1. The van der Waals surface area contributed by atoms with Gasteiger partial charge in [0, 0.05) is 24.7 Å². The molecule has 4 rings (SSSR count).